The van der Waals surface area contributed by atoms with Gasteiger partial charge in [-0.05, 0) is 24.3 Å². The summed E-state index contributed by atoms with van der Waals surface area (Å²) in [6.07, 6.45) is 1.34. The highest BCUT2D eigenvalue weighted by molar-refractivity contribution is 6.08. The molecule has 0 aliphatic rings. The average Bonchev–Trinajstić information content (AvgIpc) is 2.65. The Hall–Kier alpha value is -3.74. The van der Waals surface area contributed by atoms with Gasteiger partial charge in [0.1, 0.15) is 5.82 Å². The van der Waals surface area contributed by atoms with Gasteiger partial charge in [-0.15, -0.1) is 0 Å². The normalized spacial score (nSPS) is 10.4. The number of rotatable bonds is 5. The number of aromatic nitrogens is 1. The first-order valence-corrected chi connectivity index (χ1v) is 8.10. The van der Waals surface area contributed by atoms with Crippen molar-refractivity contribution in [3.8, 4) is 0 Å². The van der Waals surface area contributed by atoms with Gasteiger partial charge in [0, 0.05) is 17.8 Å². The number of hydrogen-bond acceptors (Lipinski definition) is 3. The summed E-state index contributed by atoms with van der Waals surface area (Å²) < 4.78 is 15.1. The first-order chi connectivity index (χ1) is 13.0. The van der Waals surface area contributed by atoms with Crippen LogP contribution in [0.25, 0.3) is 0 Å². The third-order valence-electron chi connectivity index (χ3n) is 3.98. The van der Waals surface area contributed by atoms with E-state index in [-0.39, 0.29) is 28.9 Å². The molecule has 0 aliphatic heterocycles. The predicted octanol–water partition coefficient (Wildman–Crippen LogP) is 2.39. The topological polar surface area (TPSA) is 94.2 Å². The second kappa shape index (κ2) is 7.65. The van der Waals surface area contributed by atoms with E-state index in [9.17, 15) is 18.8 Å². The smallest absolute Gasteiger partial charge is 0.257 e. The minimum atomic E-state index is -0.671. The SMILES string of the molecule is NC(=O)c1ccccc1NC(=O)c1ccc(=O)n(Cc2ccccc2F)c1. The number of para-hydroxylation sites is 1. The fourth-order valence-corrected chi connectivity index (χ4v) is 2.60. The number of nitrogens with one attached hydrogen (secondary N) is 1. The summed E-state index contributed by atoms with van der Waals surface area (Å²) in [5, 5.41) is 2.60. The van der Waals surface area contributed by atoms with Crippen LogP contribution < -0.4 is 16.6 Å². The lowest BCUT2D eigenvalue weighted by molar-refractivity contribution is 0.100. The van der Waals surface area contributed by atoms with E-state index in [0.717, 1.165) is 0 Å². The summed E-state index contributed by atoms with van der Waals surface area (Å²) in [5.74, 6) is -1.63. The Balaban J connectivity index is 1.88. The number of hydrogen-bond donors (Lipinski definition) is 2. The van der Waals surface area contributed by atoms with Gasteiger partial charge in [-0.2, -0.15) is 0 Å². The number of primary amides is 1. The average molecular weight is 365 g/mol. The molecule has 1 aromatic heterocycles. The molecular formula is C20H16FN3O3. The fourth-order valence-electron chi connectivity index (χ4n) is 2.60. The second-order valence-electron chi connectivity index (χ2n) is 5.84. The molecule has 2 aromatic carbocycles. The highest BCUT2D eigenvalue weighted by Gasteiger charge is 2.13. The van der Waals surface area contributed by atoms with Gasteiger partial charge in [-0.25, -0.2) is 4.39 Å². The van der Waals surface area contributed by atoms with Gasteiger partial charge >= 0.3 is 0 Å². The van der Waals surface area contributed by atoms with Crippen molar-refractivity contribution in [2.75, 3.05) is 5.32 Å². The van der Waals surface area contributed by atoms with Crippen molar-refractivity contribution >= 4 is 17.5 Å². The Labute approximate surface area is 154 Å². The molecule has 3 N–H and O–H groups in total. The molecule has 7 heteroatoms. The maximum absolute atomic E-state index is 13.8. The van der Waals surface area contributed by atoms with Crippen LogP contribution in [-0.4, -0.2) is 16.4 Å². The molecule has 0 saturated carbocycles. The van der Waals surface area contributed by atoms with Crippen LogP contribution in [0.4, 0.5) is 10.1 Å². The van der Waals surface area contributed by atoms with Gasteiger partial charge in [0.2, 0.25) is 0 Å². The molecule has 0 radical (unpaired) electrons. The van der Waals surface area contributed by atoms with E-state index in [4.69, 9.17) is 5.73 Å². The number of pyridine rings is 1. The molecular weight excluding hydrogens is 349 g/mol. The Kier molecular flexibility index (Phi) is 5.12. The molecule has 0 aliphatic carbocycles. The van der Waals surface area contributed by atoms with E-state index >= 15 is 0 Å². The van der Waals surface area contributed by atoms with Gasteiger partial charge in [0.15, 0.2) is 0 Å². The van der Waals surface area contributed by atoms with Gasteiger partial charge in [-0.3, -0.25) is 14.4 Å². The van der Waals surface area contributed by atoms with E-state index in [1.807, 2.05) is 0 Å². The molecule has 6 nitrogen and oxygen atoms in total. The Bertz CT molecular complexity index is 1080. The van der Waals surface area contributed by atoms with Crippen molar-refractivity contribution < 1.29 is 14.0 Å². The van der Waals surface area contributed by atoms with Crippen LogP contribution in [0.15, 0.2) is 71.7 Å². The Morgan fingerprint density at radius 2 is 1.70 bits per heavy atom. The predicted molar refractivity (Wildman–Crippen MR) is 99.1 cm³/mol. The summed E-state index contributed by atoms with van der Waals surface area (Å²) in [6, 6.07) is 15.0. The summed E-state index contributed by atoms with van der Waals surface area (Å²) in [6.45, 7) is -0.00943. The molecule has 0 fully saturated rings. The second-order valence-corrected chi connectivity index (χ2v) is 5.84. The Morgan fingerprint density at radius 3 is 2.44 bits per heavy atom. The minimum Gasteiger partial charge on any atom is -0.366 e. The molecule has 27 heavy (non-hydrogen) atoms. The molecule has 136 valence electrons. The first-order valence-electron chi connectivity index (χ1n) is 8.10. The lowest BCUT2D eigenvalue weighted by Crippen LogP contribution is -2.23. The number of carbonyl (C=O) groups is 2. The summed E-state index contributed by atoms with van der Waals surface area (Å²) in [5.41, 5.74) is 5.89. The number of benzene rings is 2. The summed E-state index contributed by atoms with van der Waals surface area (Å²) in [4.78, 5) is 36.0. The third-order valence-corrected chi connectivity index (χ3v) is 3.98. The summed E-state index contributed by atoms with van der Waals surface area (Å²) in [7, 11) is 0. The van der Waals surface area contributed by atoms with Gasteiger partial charge in [0.05, 0.1) is 23.4 Å². The lowest BCUT2D eigenvalue weighted by Gasteiger charge is -2.11. The standard InChI is InChI=1S/C20H16FN3O3/c21-16-7-3-1-5-13(16)11-24-12-14(9-10-18(24)25)20(27)23-17-8-4-2-6-15(17)19(22)26/h1-10,12H,11H2,(H2,22,26)(H,23,27). The fraction of sp³-hybridized carbons (Fsp3) is 0.0500. The monoisotopic (exact) mass is 365 g/mol. The van der Waals surface area contributed by atoms with Crippen LogP contribution in [0, 0.1) is 5.82 Å². The van der Waals surface area contributed by atoms with E-state index in [1.165, 1.54) is 35.0 Å². The summed E-state index contributed by atoms with van der Waals surface area (Å²) >= 11 is 0. The minimum absolute atomic E-state index is 0.00943. The van der Waals surface area contributed by atoms with E-state index in [1.54, 1.807) is 36.4 Å². The molecule has 0 atom stereocenters. The van der Waals surface area contributed by atoms with Crippen molar-refractivity contribution in [2.24, 2.45) is 5.73 Å². The van der Waals surface area contributed by atoms with E-state index in [0.29, 0.717) is 5.56 Å². The molecule has 2 amide bonds. The zero-order chi connectivity index (χ0) is 19.4. The molecule has 0 spiro atoms. The number of nitrogens with two attached hydrogens (primary N) is 1. The van der Waals surface area contributed by atoms with Crippen molar-refractivity contribution in [1.29, 1.82) is 0 Å². The van der Waals surface area contributed by atoms with E-state index in [2.05, 4.69) is 5.32 Å². The zero-order valence-electron chi connectivity index (χ0n) is 14.2. The Morgan fingerprint density at radius 1 is 1.00 bits per heavy atom. The molecule has 0 saturated heterocycles. The molecule has 0 bridgehead atoms. The van der Waals surface area contributed by atoms with Crippen molar-refractivity contribution in [1.82, 2.24) is 4.57 Å². The van der Waals surface area contributed by atoms with Crippen LogP contribution in [0.2, 0.25) is 0 Å². The van der Waals surface area contributed by atoms with Crippen molar-refractivity contribution in [3.05, 3.63) is 99.7 Å². The van der Waals surface area contributed by atoms with Gasteiger partial charge in [0.25, 0.3) is 17.4 Å². The lowest BCUT2D eigenvalue weighted by atomic mass is 10.1. The van der Waals surface area contributed by atoms with Crippen molar-refractivity contribution in [3.63, 3.8) is 0 Å². The van der Waals surface area contributed by atoms with Crippen LogP contribution in [0.5, 0.6) is 0 Å². The van der Waals surface area contributed by atoms with Crippen LogP contribution >= 0.6 is 0 Å². The number of carbonyl (C=O) groups excluding carboxylic acids is 2. The van der Waals surface area contributed by atoms with Gasteiger partial charge < -0.3 is 15.6 Å². The highest BCUT2D eigenvalue weighted by atomic mass is 19.1. The third kappa shape index (κ3) is 4.09. The zero-order valence-corrected chi connectivity index (χ0v) is 14.2. The number of nitrogens with zero attached hydrogens (tertiary/aromatic N) is 1. The maximum Gasteiger partial charge on any atom is 0.257 e. The number of anilines is 1. The quantitative estimate of drug-likeness (QED) is 0.727. The molecule has 1 heterocycles. The van der Waals surface area contributed by atoms with Gasteiger partial charge in [-0.1, -0.05) is 30.3 Å². The molecule has 3 rings (SSSR count). The largest absolute Gasteiger partial charge is 0.366 e. The van der Waals surface area contributed by atoms with Crippen LogP contribution in [0.3, 0.4) is 0 Å². The first kappa shape index (κ1) is 18.1. The van der Waals surface area contributed by atoms with E-state index < -0.39 is 17.6 Å². The molecule has 3 aromatic rings. The maximum atomic E-state index is 13.8. The number of amides is 2. The van der Waals surface area contributed by atoms with Crippen LogP contribution in [-0.2, 0) is 6.54 Å². The highest BCUT2D eigenvalue weighted by Crippen LogP contribution is 2.15. The van der Waals surface area contributed by atoms with Crippen LogP contribution in [0.1, 0.15) is 26.3 Å². The number of halogens is 1. The molecule has 0 unspecified atom stereocenters. The van der Waals surface area contributed by atoms with Crippen molar-refractivity contribution in [2.45, 2.75) is 6.54 Å².